The Morgan fingerprint density at radius 3 is 2.00 bits per heavy atom. The molecule has 3 heteroatoms. The van der Waals surface area contributed by atoms with Gasteiger partial charge >= 0.3 is 0 Å². The molecule has 1 aromatic heterocycles. The number of nitrogens with zero attached hydrogens (tertiary/aromatic N) is 2. The third-order valence-electron chi connectivity index (χ3n) is 3.75. The van der Waals surface area contributed by atoms with Crippen molar-refractivity contribution >= 4 is 0 Å². The molecule has 3 aromatic rings. The number of aromatic nitrogens is 2. The summed E-state index contributed by atoms with van der Waals surface area (Å²) in [5.74, 6) is 0. The van der Waals surface area contributed by atoms with Crippen molar-refractivity contribution in [3.8, 4) is 0 Å². The van der Waals surface area contributed by atoms with Crippen LogP contribution in [0.4, 0.5) is 0 Å². The van der Waals surface area contributed by atoms with Crippen LogP contribution in [0.1, 0.15) is 11.1 Å². The summed E-state index contributed by atoms with van der Waals surface area (Å²) in [6, 6.07) is 21.3. The van der Waals surface area contributed by atoms with E-state index in [1.54, 1.807) is 0 Å². The summed E-state index contributed by atoms with van der Waals surface area (Å²) in [6.45, 7) is 2.06. The molecule has 0 unspecified atom stereocenters. The molecule has 0 atom stereocenters. The van der Waals surface area contributed by atoms with E-state index in [1.165, 1.54) is 11.1 Å². The minimum Gasteiger partial charge on any atom is -1.00 e. The van der Waals surface area contributed by atoms with Crippen molar-refractivity contribution < 1.29 is 28.5 Å². The molecular weight excluding hydrogens is 383 g/mol. The molecule has 2 aromatic carbocycles. The topological polar surface area (TPSA) is 8.81 Å². The maximum Gasteiger partial charge on any atom is 0.243 e. The van der Waals surface area contributed by atoms with Gasteiger partial charge in [0, 0.05) is 12.8 Å². The second-order valence-electron chi connectivity index (χ2n) is 5.36. The SMILES string of the molecule is [I-].c1ccc(CCn2cc[n+](CCc3ccccc3)c2)cc1. The first kappa shape index (κ1) is 16.7. The Morgan fingerprint density at radius 1 is 0.773 bits per heavy atom. The highest BCUT2D eigenvalue weighted by molar-refractivity contribution is 5.15. The maximum atomic E-state index is 2.26. The molecule has 1 heterocycles. The summed E-state index contributed by atoms with van der Waals surface area (Å²) in [5, 5.41) is 0. The van der Waals surface area contributed by atoms with Crippen molar-refractivity contribution in [3.05, 3.63) is 90.5 Å². The van der Waals surface area contributed by atoms with Gasteiger partial charge in [-0.15, -0.1) is 0 Å². The van der Waals surface area contributed by atoms with Gasteiger partial charge in [0.2, 0.25) is 6.33 Å². The first-order valence-corrected chi connectivity index (χ1v) is 7.53. The van der Waals surface area contributed by atoms with Gasteiger partial charge in [-0.1, -0.05) is 60.7 Å². The summed E-state index contributed by atoms with van der Waals surface area (Å²) in [4.78, 5) is 0. The van der Waals surface area contributed by atoms with Gasteiger partial charge in [-0.05, 0) is 11.1 Å². The van der Waals surface area contributed by atoms with E-state index in [-0.39, 0.29) is 24.0 Å². The van der Waals surface area contributed by atoms with Crippen LogP contribution in [0, 0.1) is 0 Å². The van der Waals surface area contributed by atoms with Crippen LogP contribution in [-0.2, 0) is 25.9 Å². The van der Waals surface area contributed by atoms with E-state index in [0.29, 0.717) is 0 Å². The highest BCUT2D eigenvalue weighted by Gasteiger charge is 2.04. The fourth-order valence-corrected chi connectivity index (χ4v) is 2.51. The van der Waals surface area contributed by atoms with Gasteiger partial charge in [0.05, 0.1) is 13.1 Å². The van der Waals surface area contributed by atoms with Crippen molar-refractivity contribution in [1.82, 2.24) is 4.57 Å². The van der Waals surface area contributed by atoms with E-state index in [2.05, 4.69) is 88.5 Å². The zero-order chi connectivity index (χ0) is 14.3. The van der Waals surface area contributed by atoms with Crippen LogP contribution < -0.4 is 28.5 Å². The van der Waals surface area contributed by atoms with Crippen molar-refractivity contribution in [2.45, 2.75) is 25.9 Å². The summed E-state index contributed by atoms with van der Waals surface area (Å²) < 4.78 is 4.52. The molecule has 0 bridgehead atoms. The van der Waals surface area contributed by atoms with Gasteiger partial charge in [-0.3, -0.25) is 0 Å². The average Bonchev–Trinajstić information content (AvgIpc) is 3.01. The quantitative estimate of drug-likeness (QED) is 0.412. The van der Waals surface area contributed by atoms with Gasteiger partial charge < -0.3 is 24.0 Å². The summed E-state index contributed by atoms with van der Waals surface area (Å²) in [7, 11) is 0. The van der Waals surface area contributed by atoms with Crippen molar-refractivity contribution in [3.63, 3.8) is 0 Å². The molecule has 0 radical (unpaired) electrons. The van der Waals surface area contributed by atoms with Crippen LogP contribution >= 0.6 is 0 Å². The Bertz CT molecular complexity index is 604. The Hall–Kier alpha value is -1.62. The number of hydrogen-bond donors (Lipinski definition) is 0. The van der Waals surface area contributed by atoms with Crippen LogP contribution in [0.5, 0.6) is 0 Å². The second-order valence-corrected chi connectivity index (χ2v) is 5.36. The molecule has 0 spiro atoms. The molecule has 0 amide bonds. The third kappa shape index (κ3) is 4.98. The molecular formula is C19H21IN2. The zero-order valence-corrected chi connectivity index (χ0v) is 14.8. The van der Waals surface area contributed by atoms with E-state index < -0.39 is 0 Å². The fraction of sp³-hybridized carbons (Fsp3) is 0.211. The normalized spacial score (nSPS) is 10.2. The Kier molecular flexibility index (Phi) is 6.65. The minimum absolute atomic E-state index is 0. The minimum atomic E-state index is 0. The van der Waals surface area contributed by atoms with Crippen LogP contribution in [-0.4, -0.2) is 4.57 Å². The molecule has 0 aliphatic carbocycles. The predicted octanol–water partition coefficient (Wildman–Crippen LogP) is 0.265. The molecule has 114 valence electrons. The lowest BCUT2D eigenvalue weighted by Gasteiger charge is -1.99. The maximum absolute atomic E-state index is 2.26. The highest BCUT2D eigenvalue weighted by atomic mass is 127. The number of benzene rings is 2. The number of rotatable bonds is 6. The average molecular weight is 404 g/mol. The largest absolute Gasteiger partial charge is 1.00 e. The Labute approximate surface area is 149 Å². The molecule has 0 saturated carbocycles. The van der Waals surface area contributed by atoms with Gasteiger partial charge in [-0.2, -0.15) is 0 Å². The lowest BCUT2D eigenvalue weighted by Crippen LogP contribution is -3.00. The first-order valence-electron chi connectivity index (χ1n) is 7.53. The van der Waals surface area contributed by atoms with Gasteiger partial charge in [0.1, 0.15) is 12.4 Å². The molecule has 0 N–H and O–H groups in total. The lowest BCUT2D eigenvalue weighted by atomic mass is 10.1. The molecule has 0 fully saturated rings. The second kappa shape index (κ2) is 8.73. The predicted molar refractivity (Wildman–Crippen MR) is 84.9 cm³/mol. The van der Waals surface area contributed by atoms with Crippen molar-refractivity contribution in [2.24, 2.45) is 0 Å². The fourth-order valence-electron chi connectivity index (χ4n) is 2.51. The van der Waals surface area contributed by atoms with Crippen LogP contribution in [0.25, 0.3) is 0 Å². The van der Waals surface area contributed by atoms with E-state index in [9.17, 15) is 0 Å². The molecule has 0 aliphatic heterocycles. The summed E-state index contributed by atoms with van der Waals surface area (Å²) >= 11 is 0. The lowest BCUT2D eigenvalue weighted by molar-refractivity contribution is -0.696. The number of hydrogen-bond acceptors (Lipinski definition) is 0. The smallest absolute Gasteiger partial charge is 0.243 e. The number of aryl methyl sites for hydroxylation is 4. The summed E-state index contributed by atoms with van der Waals surface area (Å²) in [5.41, 5.74) is 2.78. The third-order valence-corrected chi connectivity index (χ3v) is 3.75. The van der Waals surface area contributed by atoms with Crippen LogP contribution in [0.2, 0.25) is 0 Å². The van der Waals surface area contributed by atoms with E-state index in [4.69, 9.17) is 0 Å². The standard InChI is InChI=1S/C19H21N2.HI/c1-3-7-18(8-4-1)11-13-20-15-16-21(17-20)14-12-19-9-5-2-6-10-19;/h1-10,15-17H,11-14H2;1H/q+1;/p-1. The summed E-state index contributed by atoms with van der Waals surface area (Å²) in [6.07, 6.45) is 8.68. The Morgan fingerprint density at radius 2 is 1.36 bits per heavy atom. The van der Waals surface area contributed by atoms with Crippen LogP contribution in [0.15, 0.2) is 79.4 Å². The van der Waals surface area contributed by atoms with E-state index in [0.717, 1.165) is 25.9 Å². The zero-order valence-electron chi connectivity index (χ0n) is 12.6. The van der Waals surface area contributed by atoms with E-state index in [1.807, 2.05) is 0 Å². The highest BCUT2D eigenvalue weighted by Crippen LogP contribution is 2.02. The molecule has 3 rings (SSSR count). The number of imidazole rings is 1. The van der Waals surface area contributed by atoms with E-state index >= 15 is 0 Å². The van der Waals surface area contributed by atoms with Gasteiger partial charge in [-0.25, -0.2) is 9.13 Å². The van der Waals surface area contributed by atoms with Gasteiger partial charge in [0.15, 0.2) is 0 Å². The van der Waals surface area contributed by atoms with Gasteiger partial charge in [0.25, 0.3) is 0 Å². The first-order chi connectivity index (χ1) is 10.4. The molecule has 0 aliphatic rings. The Balaban J connectivity index is 0.00000176. The molecule has 2 nitrogen and oxygen atoms in total. The molecule has 22 heavy (non-hydrogen) atoms. The van der Waals surface area contributed by atoms with Crippen molar-refractivity contribution in [2.75, 3.05) is 0 Å². The number of halogens is 1. The molecule has 0 saturated heterocycles. The monoisotopic (exact) mass is 404 g/mol. The van der Waals surface area contributed by atoms with Crippen LogP contribution in [0.3, 0.4) is 0 Å². The van der Waals surface area contributed by atoms with Crippen molar-refractivity contribution in [1.29, 1.82) is 0 Å².